The van der Waals surface area contributed by atoms with E-state index >= 15 is 0 Å². The smallest absolute Gasteiger partial charge is 0.224 e. The molecule has 0 bridgehead atoms. The lowest BCUT2D eigenvalue weighted by atomic mass is 10.4. The van der Waals surface area contributed by atoms with Crippen molar-refractivity contribution in [2.45, 2.75) is 17.1 Å². The lowest BCUT2D eigenvalue weighted by molar-refractivity contribution is 0.977. The maximum Gasteiger partial charge on any atom is 0.224 e. The zero-order chi connectivity index (χ0) is 14.3. The van der Waals surface area contributed by atoms with E-state index in [2.05, 4.69) is 19.9 Å². The van der Waals surface area contributed by atoms with E-state index in [1.807, 2.05) is 13.0 Å². The molecule has 20 heavy (non-hydrogen) atoms. The molecule has 0 amide bonds. The van der Waals surface area contributed by atoms with E-state index in [0.717, 1.165) is 15.1 Å². The predicted molar refractivity (Wildman–Crippen MR) is 82.1 cm³/mol. The van der Waals surface area contributed by atoms with Gasteiger partial charge in [-0.1, -0.05) is 0 Å². The lowest BCUT2D eigenvalue weighted by Crippen LogP contribution is -1.99. The number of thiophene rings is 1. The van der Waals surface area contributed by atoms with Gasteiger partial charge in [-0.3, -0.25) is 0 Å². The highest BCUT2D eigenvalue weighted by Crippen LogP contribution is 2.34. The molecule has 3 aromatic heterocycles. The van der Waals surface area contributed by atoms with Crippen molar-refractivity contribution in [2.24, 2.45) is 0 Å². The second-order valence-electron chi connectivity index (χ2n) is 3.98. The summed E-state index contributed by atoms with van der Waals surface area (Å²) in [4.78, 5) is 18.6. The number of rotatable bonds is 2. The molecule has 0 unspecified atom stereocenters. The highest BCUT2D eigenvalue weighted by atomic mass is 35.5. The van der Waals surface area contributed by atoms with Crippen molar-refractivity contribution in [3.05, 3.63) is 22.3 Å². The zero-order valence-corrected chi connectivity index (χ0v) is 12.7. The molecular weight excluding hydrogens is 316 g/mol. The van der Waals surface area contributed by atoms with Gasteiger partial charge in [-0.25, -0.2) is 19.9 Å². The fraction of sp³-hybridized carbons (Fsp3) is 0.0909. The van der Waals surface area contributed by atoms with Crippen LogP contribution >= 0.6 is 34.7 Å². The van der Waals surface area contributed by atoms with Crippen LogP contribution in [0, 0.1) is 6.92 Å². The number of aromatic nitrogens is 4. The number of fused-ring (bicyclic) bond motifs is 1. The second kappa shape index (κ2) is 5.04. The number of nitrogens with two attached hydrogens (primary N) is 2. The molecule has 3 aromatic rings. The molecule has 0 fully saturated rings. The summed E-state index contributed by atoms with van der Waals surface area (Å²) in [5.74, 6) is 0.635. The summed E-state index contributed by atoms with van der Waals surface area (Å²) in [5.41, 5.74) is 11.3. The molecule has 0 atom stereocenters. The summed E-state index contributed by atoms with van der Waals surface area (Å²) in [6, 6.07) is 3.51. The SMILES string of the molecule is Cc1cc2c(Sc3nc(N)cc(N)n3)nc(Cl)nc2s1. The highest BCUT2D eigenvalue weighted by Gasteiger charge is 2.13. The van der Waals surface area contributed by atoms with Gasteiger partial charge in [0.15, 0.2) is 5.16 Å². The van der Waals surface area contributed by atoms with E-state index in [0.29, 0.717) is 21.8 Å². The van der Waals surface area contributed by atoms with Crippen LogP contribution in [-0.4, -0.2) is 19.9 Å². The maximum atomic E-state index is 5.94. The molecule has 0 saturated heterocycles. The molecule has 0 aliphatic heterocycles. The quantitative estimate of drug-likeness (QED) is 0.551. The molecule has 0 radical (unpaired) electrons. The summed E-state index contributed by atoms with van der Waals surface area (Å²) in [7, 11) is 0. The van der Waals surface area contributed by atoms with E-state index in [4.69, 9.17) is 23.1 Å². The Morgan fingerprint density at radius 1 is 1.10 bits per heavy atom. The molecule has 6 nitrogen and oxygen atoms in total. The van der Waals surface area contributed by atoms with Crippen LogP contribution in [-0.2, 0) is 0 Å². The van der Waals surface area contributed by atoms with Crippen molar-refractivity contribution < 1.29 is 0 Å². The lowest BCUT2D eigenvalue weighted by Gasteiger charge is -2.03. The Labute approximate surface area is 127 Å². The van der Waals surface area contributed by atoms with Gasteiger partial charge >= 0.3 is 0 Å². The topological polar surface area (TPSA) is 104 Å². The Hall–Kier alpha value is -1.64. The first-order valence-corrected chi connectivity index (χ1v) is 7.54. The third-order valence-corrected chi connectivity index (χ3v) is 4.37. The van der Waals surface area contributed by atoms with Gasteiger partial charge in [-0.05, 0) is 36.4 Å². The Morgan fingerprint density at radius 3 is 2.50 bits per heavy atom. The molecule has 3 rings (SSSR count). The monoisotopic (exact) mass is 324 g/mol. The Morgan fingerprint density at radius 2 is 1.80 bits per heavy atom. The standard InChI is InChI=1S/C11H9ClN6S2/c1-4-2-5-8(19-4)17-10(12)18-9(5)20-11-15-6(13)3-7(14)16-11/h2-3H,1H3,(H4,13,14,15,16). The average Bonchev–Trinajstić information content (AvgIpc) is 2.68. The van der Waals surface area contributed by atoms with Gasteiger partial charge in [0.1, 0.15) is 21.5 Å². The number of halogens is 1. The van der Waals surface area contributed by atoms with Crippen LogP contribution in [0.4, 0.5) is 11.6 Å². The van der Waals surface area contributed by atoms with E-state index in [9.17, 15) is 0 Å². The van der Waals surface area contributed by atoms with Crippen LogP contribution < -0.4 is 11.5 Å². The normalized spacial score (nSPS) is 11.1. The van der Waals surface area contributed by atoms with Crippen LogP contribution in [0.15, 0.2) is 22.3 Å². The van der Waals surface area contributed by atoms with Crippen molar-refractivity contribution >= 4 is 56.6 Å². The zero-order valence-electron chi connectivity index (χ0n) is 10.3. The number of hydrogen-bond acceptors (Lipinski definition) is 8. The fourth-order valence-electron chi connectivity index (χ4n) is 1.66. The number of aryl methyl sites for hydroxylation is 1. The van der Waals surface area contributed by atoms with Gasteiger partial charge in [0.05, 0.1) is 0 Å². The summed E-state index contributed by atoms with van der Waals surface area (Å²) in [6.45, 7) is 2.00. The number of nitrogens with zero attached hydrogens (tertiary/aromatic N) is 4. The molecule has 102 valence electrons. The first-order chi connectivity index (χ1) is 9.51. The fourth-order valence-corrected chi connectivity index (χ4v) is 3.75. The summed E-state index contributed by atoms with van der Waals surface area (Å²) >= 11 is 8.76. The van der Waals surface area contributed by atoms with Gasteiger partial charge in [0.2, 0.25) is 5.28 Å². The largest absolute Gasteiger partial charge is 0.383 e. The molecule has 3 heterocycles. The van der Waals surface area contributed by atoms with Gasteiger partial charge in [-0.15, -0.1) is 11.3 Å². The first kappa shape index (κ1) is 13.3. The maximum absolute atomic E-state index is 5.94. The van der Waals surface area contributed by atoms with Crippen LogP contribution in [0.2, 0.25) is 5.28 Å². The molecule has 0 aliphatic carbocycles. The molecule has 9 heteroatoms. The van der Waals surface area contributed by atoms with Gasteiger partial charge in [0.25, 0.3) is 0 Å². The van der Waals surface area contributed by atoms with Crippen LogP contribution in [0.3, 0.4) is 0 Å². The van der Waals surface area contributed by atoms with Crippen LogP contribution in [0.25, 0.3) is 10.2 Å². The first-order valence-electron chi connectivity index (χ1n) is 5.53. The Bertz CT molecular complexity index is 783. The minimum absolute atomic E-state index is 0.193. The Balaban J connectivity index is 2.09. The van der Waals surface area contributed by atoms with E-state index in [1.165, 1.54) is 17.8 Å². The van der Waals surface area contributed by atoms with E-state index < -0.39 is 0 Å². The van der Waals surface area contributed by atoms with Gasteiger partial charge < -0.3 is 11.5 Å². The van der Waals surface area contributed by atoms with Gasteiger partial charge in [0, 0.05) is 16.3 Å². The summed E-state index contributed by atoms with van der Waals surface area (Å²) < 4.78 is 0. The molecule has 0 aromatic carbocycles. The molecular formula is C11H9ClN6S2. The van der Waals surface area contributed by atoms with E-state index in [-0.39, 0.29) is 5.28 Å². The minimum atomic E-state index is 0.193. The van der Waals surface area contributed by atoms with Crippen molar-refractivity contribution in [1.29, 1.82) is 0 Å². The van der Waals surface area contributed by atoms with Crippen molar-refractivity contribution in [3.8, 4) is 0 Å². The van der Waals surface area contributed by atoms with Crippen molar-refractivity contribution in [1.82, 2.24) is 19.9 Å². The Kier molecular flexibility index (Phi) is 3.36. The van der Waals surface area contributed by atoms with E-state index in [1.54, 1.807) is 11.3 Å². The van der Waals surface area contributed by atoms with Crippen molar-refractivity contribution in [3.63, 3.8) is 0 Å². The number of hydrogen-bond donors (Lipinski definition) is 2. The minimum Gasteiger partial charge on any atom is -0.383 e. The third-order valence-electron chi connectivity index (χ3n) is 2.39. The predicted octanol–water partition coefficient (Wildman–Crippen LogP) is 2.76. The average molecular weight is 325 g/mol. The number of anilines is 2. The molecule has 4 N–H and O–H groups in total. The third kappa shape index (κ3) is 2.62. The number of nitrogen functional groups attached to an aromatic ring is 2. The summed E-state index contributed by atoms with van der Waals surface area (Å²) in [5, 5.41) is 2.24. The summed E-state index contributed by atoms with van der Waals surface area (Å²) in [6.07, 6.45) is 0. The molecule has 0 saturated carbocycles. The highest BCUT2D eigenvalue weighted by molar-refractivity contribution is 7.99. The van der Waals surface area contributed by atoms with Gasteiger partial charge in [-0.2, -0.15) is 0 Å². The second-order valence-corrected chi connectivity index (χ2v) is 6.50. The molecule has 0 aliphatic rings. The van der Waals surface area contributed by atoms with Crippen molar-refractivity contribution in [2.75, 3.05) is 11.5 Å². The molecule has 0 spiro atoms. The van der Waals surface area contributed by atoms with Crippen LogP contribution in [0.5, 0.6) is 0 Å². The van der Waals surface area contributed by atoms with Crippen LogP contribution in [0.1, 0.15) is 4.88 Å².